The summed E-state index contributed by atoms with van der Waals surface area (Å²) in [5, 5.41) is 4.46. The Morgan fingerprint density at radius 1 is 1.28 bits per heavy atom. The summed E-state index contributed by atoms with van der Waals surface area (Å²) in [7, 11) is 2.01. The van der Waals surface area contributed by atoms with Gasteiger partial charge in [0.15, 0.2) is 0 Å². The van der Waals surface area contributed by atoms with Gasteiger partial charge in [-0.1, -0.05) is 0 Å². The first kappa shape index (κ1) is 13.6. The van der Waals surface area contributed by atoms with E-state index in [0.717, 1.165) is 25.3 Å². The largest absolute Gasteiger partial charge is 0.370 e. The smallest absolute Gasteiger partial charge is 0.0836 e. The summed E-state index contributed by atoms with van der Waals surface area (Å²) < 4.78 is 7.91. The van der Waals surface area contributed by atoms with Gasteiger partial charge in [0.05, 0.1) is 17.4 Å². The lowest BCUT2D eigenvalue weighted by atomic mass is 10.1. The molecule has 2 heterocycles. The van der Waals surface area contributed by atoms with E-state index < -0.39 is 0 Å². The lowest BCUT2D eigenvalue weighted by Gasteiger charge is -2.42. The van der Waals surface area contributed by atoms with Crippen LogP contribution in [0.15, 0.2) is 0 Å². The van der Waals surface area contributed by atoms with Crippen molar-refractivity contribution in [3.63, 3.8) is 0 Å². The Morgan fingerprint density at radius 2 is 1.89 bits per heavy atom. The van der Waals surface area contributed by atoms with E-state index in [1.165, 1.54) is 11.3 Å². The minimum Gasteiger partial charge on any atom is -0.370 e. The van der Waals surface area contributed by atoms with Crippen LogP contribution in [0.5, 0.6) is 0 Å². The average molecular weight is 251 g/mol. The van der Waals surface area contributed by atoms with Crippen LogP contribution in [-0.2, 0) is 18.3 Å². The lowest BCUT2D eigenvalue weighted by molar-refractivity contribution is -0.126. The number of likely N-dealkylation sites (tertiary alicyclic amines) is 1. The molecule has 0 spiro atoms. The summed E-state index contributed by atoms with van der Waals surface area (Å²) in [6, 6.07) is 0. The second kappa shape index (κ2) is 4.67. The van der Waals surface area contributed by atoms with Crippen molar-refractivity contribution in [2.45, 2.75) is 52.9 Å². The van der Waals surface area contributed by atoms with Crippen LogP contribution in [0.4, 0.5) is 0 Å². The quantitative estimate of drug-likeness (QED) is 0.823. The Bertz CT molecular complexity index is 425. The van der Waals surface area contributed by atoms with E-state index in [4.69, 9.17) is 4.74 Å². The molecule has 4 nitrogen and oxygen atoms in total. The van der Waals surface area contributed by atoms with Crippen LogP contribution in [0.2, 0.25) is 0 Å². The minimum absolute atomic E-state index is 0.0309. The molecule has 0 amide bonds. The average Bonchev–Trinajstić information content (AvgIpc) is 2.39. The van der Waals surface area contributed by atoms with E-state index in [2.05, 4.69) is 44.6 Å². The van der Waals surface area contributed by atoms with Gasteiger partial charge in [0.1, 0.15) is 0 Å². The predicted molar refractivity (Wildman–Crippen MR) is 72.6 cm³/mol. The zero-order valence-corrected chi connectivity index (χ0v) is 12.4. The topological polar surface area (TPSA) is 30.3 Å². The Kier molecular flexibility index (Phi) is 3.52. The zero-order chi connectivity index (χ0) is 13.5. The molecule has 1 saturated heterocycles. The van der Waals surface area contributed by atoms with Crippen molar-refractivity contribution in [1.82, 2.24) is 14.7 Å². The molecule has 102 valence electrons. The second-order valence-corrected chi connectivity index (χ2v) is 6.32. The van der Waals surface area contributed by atoms with Gasteiger partial charge in [-0.15, -0.1) is 0 Å². The third kappa shape index (κ3) is 2.93. The summed E-state index contributed by atoms with van der Waals surface area (Å²) >= 11 is 0. The van der Waals surface area contributed by atoms with Crippen molar-refractivity contribution in [2.75, 3.05) is 13.1 Å². The van der Waals surface area contributed by atoms with Crippen LogP contribution in [0.25, 0.3) is 0 Å². The van der Waals surface area contributed by atoms with Gasteiger partial charge in [-0.25, -0.2) is 0 Å². The molecule has 0 atom stereocenters. The maximum atomic E-state index is 5.94. The van der Waals surface area contributed by atoms with E-state index >= 15 is 0 Å². The van der Waals surface area contributed by atoms with Gasteiger partial charge in [-0.2, -0.15) is 5.10 Å². The number of nitrogens with zero attached hydrogens (tertiary/aromatic N) is 3. The van der Waals surface area contributed by atoms with Crippen molar-refractivity contribution >= 4 is 0 Å². The van der Waals surface area contributed by atoms with Crippen molar-refractivity contribution in [1.29, 1.82) is 0 Å². The second-order valence-electron chi connectivity index (χ2n) is 6.32. The van der Waals surface area contributed by atoms with Crippen LogP contribution >= 0.6 is 0 Å². The maximum Gasteiger partial charge on any atom is 0.0836 e. The molecule has 1 fully saturated rings. The highest BCUT2D eigenvalue weighted by atomic mass is 16.5. The molecule has 18 heavy (non-hydrogen) atoms. The summed E-state index contributed by atoms with van der Waals surface area (Å²) in [6.45, 7) is 13.6. The number of aryl methyl sites for hydroxylation is 2. The van der Waals surface area contributed by atoms with Gasteiger partial charge >= 0.3 is 0 Å². The Balaban J connectivity index is 1.87. The summed E-state index contributed by atoms with van der Waals surface area (Å²) in [5.41, 5.74) is 3.76. The molecule has 1 aliphatic rings. The van der Waals surface area contributed by atoms with E-state index in [-0.39, 0.29) is 5.60 Å². The number of ether oxygens (including phenoxy) is 1. The number of hydrogen-bond donors (Lipinski definition) is 0. The fraction of sp³-hybridized carbons (Fsp3) is 0.786. The summed E-state index contributed by atoms with van der Waals surface area (Å²) in [5.74, 6) is 0. The van der Waals surface area contributed by atoms with Crippen LogP contribution in [-0.4, -0.2) is 39.5 Å². The minimum atomic E-state index is -0.0309. The number of rotatable bonds is 3. The summed E-state index contributed by atoms with van der Waals surface area (Å²) in [6.07, 6.45) is 0.391. The Labute approximate surface area is 110 Å². The van der Waals surface area contributed by atoms with E-state index in [9.17, 15) is 0 Å². The highest BCUT2D eigenvalue weighted by Gasteiger charge is 2.31. The van der Waals surface area contributed by atoms with Crippen LogP contribution in [0.3, 0.4) is 0 Å². The highest BCUT2D eigenvalue weighted by molar-refractivity contribution is 5.24. The fourth-order valence-electron chi connectivity index (χ4n) is 2.50. The van der Waals surface area contributed by atoms with E-state index in [1.807, 2.05) is 11.7 Å². The van der Waals surface area contributed by atoms with Gasteiger partial charge < -0.3 is 4.74 Å². The van der Waals surface area contributed by atoms with Crippen molar-refractivity contribution in [2.24, 2.45) is 7.05 Å². The molecule has 0 saturated carbocycles. The van der Waals surface area contributed by atoms with Gasteiger partial charge in [-0.05, 0) is 34.6 Å². The first-order valence-corrected chi connectivity index (χ1v) is 6.65. The fourth-order valence-corrected chi connectivity index (χ4v) is 2.50. The van der Waals surface area contributed by atoms with Crippen LogP contribution < -0.4 is 0 Å². The third-order valence-electron chi connectivity index (χ3n) is 3.48. The molecular weight excluding hydrogens is 226 g/mol. The Morgan fingerprint density at radius 3 is 2.33 bits per heavy atom. The molecule has 0 unspecified atom stereocenters. The molecule has 1 aromatic rings. The third-order valence-corrected chi connectivity index (χ3v) is 3.48. The van der Waals surface area contributed by atoms with Gasteiger partial charge in [0.2, 0.25) is 0 Å². The van der Waals surface area contributed by atoms with E-state index in [1.54, 1.807) is 0 Å². The molecular formula is C14H25N3O. The summed E-state index contributed by atoms with van der Waals surface area (Å²) in [4.78, 5) is 2.42. The molecule has 1 aliphatic heterocycles. The maximum absolute atomic E-state index is 5.94. The zero-order valence-electron chi connectivity index (χ0n) is 12.4. The van der Waals surface area contributed by atoms with E-state index in [0.29, 0.717) is 6.10 Å². The molecule has 2 rings (SSSR count). The van der Waals surface area contributed by atoms with Crippen molar-refractivity contribution in [3.8, 4) is 0 Å². The number of aromatic nitrogens is 2. The Hall–Kier alpha value is -0.870. The monoisotopic (exact) mass is 251 g/mol. The SMILES string of the molecule is Cc1nn(C)c(C)c1CN1CC(OC(C)(C)C)C1. The first-order chi connectivity index (χ1) is 8.26. The molecule has 0 bridgehead atoms. The van der Waals surface area contributed by atoms with Crippen LogP contribution in [0.1, 0.15) is 37.7 Å². The van der Waals surface area contributed by atoms with Gasteiger partial charge in [-0.3, -0.25) is 9.58 Å². The van der Waals surface area contributed by atoms with Gasteiger partial charge in [0, 0.05) is 37.9 Å². The highest BCUT2D eigenvalue weighted by Crippen LogP contribution is 2.23. The standard InChI is InChI=1S/C14H25N3O/c1-10-13(11(2)16(6)15-10)9-17-7-12(8-17)18-14(3,4)5/h12H,7-9H2,1-6H3. The molecule has 1 aromatic heterocycles. The molecule has 0 aliphatic carbocycles. The first-order valence-electron chi connectivity index (χ1n) is 6.65. The van der Waals surface area contributed by atoms with Crippen molar-refractivity contribution in [3.05, 3.63) is 17.0 Å². The molecule has 0 radical (unpaired) electrons. The number of hydrogen-bond acceptors (Lipinski definition) is 3. The lowest BCUT2D eigenvalue weighted by Crippen LogP contribution is -2.53. The molecule has 0 N–H and O–H groups in total. The molecule has 0 aromatic carbocycles. The van der Waals surface area contributed by atoms with Gasteiger partial charge in [0.25, 0.3) is 0 Å². The normalized spacial score (nSPS) is 18.1. The van der Waals surface area contributed by atoms with Crippen LogP contribution in [0, 0.1) is 13.8 Å². The predicted octanol–water partition coefficient (Wildman–Crippen LogP) is 2.04. The van der Waals surface area contributed by atoms with Crippen molar-refractivity contribution < 1.29 is 4.74 Å². The molecule has 4 heteroatoms.